The molecule has 3 atom stereocenters. The summed E-state index contributed by atoms with van der Waals surface area (Å²) in [6, 6.07) is 4.34. The van der Waals surface area contributed by atoms with Crippen LogP contribution in [0.3, 0.4) is 0 Å². The zero-order valence-electron chi connectivity index (χ0n) is 15.6. The zero-order valence-corrected chi connectivity index (χ0v) is 15.6. The molecule has 140 valence electrons. The van der Waals surface area contributed by atoms with Gasteiger partial charge in [-0.1, -0.05) is 0 Å². The Morgan fingerprint density at radius 2 is 2.12 bits per heavy atom. The molecule has 0 aliphatic carbocycles. The smallest absolute Gasteiger partial charge is 0.253 e. The van der Waals surface area contributed by atoms with E-state index in [0.29, 0.717) is 29.3 Å². The highest BCUT2D eigenvalue weighted by Gasteiger charge is 2.44. The Morgan fingerprint density at radius 3 is 2.85 bits per heavy atom. The van der Waals surface area contributed by atoms with Crippen LogP contribution in [0.5, 0.6) is 0 Å². The Hall–Kier alpha value is -2.11. The number of piperidine rings is 3. The van der Waals surface area contributed by atoms with E-state index in [1.807, 2.05) is 26.0 Å². The van der Waals surface area contributed by atoms with Gasteiger partial charge < -0.3 is 15.1 Å². The van der Waals surface area contributed by atoms with Crippen LogP contribution in [-0.4, -0.2) is 53.4 Å². The normalized spacial score (nSPS) is 28.1. The molecule has 1 N–H and O–H groups in total. The minimum atomic E-state index is -0.0778. The average molecular weight is 356 g/mol. The first-order valence-electron chi connectivity index (χ1n) is 9.82. The summed E-state index contributed by atoms with van der Waals surface area (Å²) in [4.78, 5) is 33.4. The van der Waals surface area contributed by atoms with E-state index in [-0.39, 0.29) is 11.9 Å². The number of rotatable bonds is 3. The molecule has 0 radical (unpaired) electrons. The molecule has 1 aromatic heterocycles. The summed E-state index contributed by atoms with van der Waals surface area (Å²) < 4.78 is 0. The van der Waals surface area contributed by atoms with E-state index in [9.17, 15) is 9.59 Å². The molecule has 6 heteroatoms. The average Bonchev–Trinajstić information content (AvgIpc) is 2.62. The predicted octanol–water partition coefficient (Wildman–Crippen LogP) is 2.06. The van der Waals surface area contributed by atoms with Gasteiger partial charge in [0.2, 0.25) is 5.91 Å². The zero-order chi connectivity index (χ0) is 18.3. The summed E-state index contributed by atoms with van der Waals surface area (Å²) in [7, 11) is 0. The summed E-state index contributed by atoms with van der Waals surface area (Å²) in [5.74, 6) is 2.28. The first-order chi connectivity index (χ1) is 12.5. The third kappa shape index (κ3) is 3.29. The van der Waals surface area contributed by atoms with Crippen LogP contribution in [0.2, 0.25) is 0 Å². The lowest BCUT2D eigenvalue weighted by Crippen LogP contribution is -2.60. The number of carbonyl (C=O) groups excluding carboxylic acids is 2. The summed E-state index contributed by atoms with van der Waals surface area (Å²) in [6.07, 6.45) is 5.78. The molecule has 3 aliphatic heterocycles. The van der Waals surface area contributed by atoms with E-state index < -0.39 is 0 Å². The van der Waals surface area contributed by atoms with Gasteiger partial charge in [0, 0.05) is 44.3 Å². The van der Waals surface area contributed by atoms with E-state index in [4.69, 9.17) is 0 Å². The molecule has 6 nitrogen and oxygen atoms in total. The molecule has 1 aromatic rings. The minimum Gasteiger partial charge on any atom is -0.356 e. The summed E-state index contributed by atoms with van der Waals surface area (Å²) in [6.45, 7) is 6.69. The molecule has 3 saturated heterocycles. The highest BCUT2D eigenvalue weighted by molar-refractivity contribution is 5.94. The van der Waals surface area contributed by atoms with Crippen LogP contribution in [-0.2, 0) is 4.79 Å². The quantitative estimate of drug-likeness (QED) is 0.900. The number of hydrogen-bond donors (Lipinski definition) is 1. The lowest BCUT2D eigenvalue weighted by atomic mass is 9.76. The van der Waals surface area contributed by atoms with Crippen molar-refractivity contribution >= 4 is 17.6 Å². The number of nitrogens with one attached hydrogen (secondary N) is 1. The third-order valence-corrected chi connectivity index (χ3v) is 5.93. The third-order valence-electron chi connectivity index (χ3n) is 5.93. The molecule has 2 bridgehead atoms. The molecule has 3 aliphatic rings. The van der Waals surface area contributed by atoms with Gasteiger partial charge in [0.1, 0.15) is 5.82 Å². The summed E-state index contributed by atoms with van der Waals surface area (Å²) in [5, 5.41) is 2.90. The Balaban J connectivity index is 1.46. The number of anilines is 1. The van der Waals surface area contributed by atoms with E-state index in [2.05, 4.69) is 20.1 Å². The van der Waals surface area contributed by atoms with Crippen LogP contribution >= 0.6 is 0 Å². The summed E-state index contributed by atoms with van der Waals surface area (Å²) in [5.41, 5.74) is 0.601. The van der Waals surface area contributed by atoms with Gasteiger partial charge in [-0.15, -0.1) is 0 Å². The molecule has 2 amide bonds. The van der Waals surface area contributed by atoms with Crippen molar-refractivity contribution in [3.05, 3.63) is 23.9 Å². The van der Waals surface area contributed by atoms with Gasteiger partial charge in [-0.2, -0.15) is 0 Å². The maximum absolute atomic E-state index is 12.3. The van der Waals surface area contributed by atoms with Crippen LogP contribution in [0.1, 0.15) is 49.9 Å². The Kier molecular flexibility index (Phi) is 4.59. The van der Waals surface area contributed by atoms with Crippen molar-refractivity contribution < 1.29 is 9.59 Å². The van der Waals surface area contributed by atoms with E-state index in [1.54, 1.807) is 6.20 Å². The second-order valence-electron chi connectivity index (χ2n) is 8.31. The van der Waals surface area contributed by atoms with E-state index in [1.165, 1.54) is 6.42 Å². The van der Waals surface area contributed by atoms with Gasteiger partial charge in [-0.05, 0) is 57.1 Å². The Morgan fingerprint density at radius 1 is 1.27 bits per heavy atom. The molecule has 0 aromatic carbocycles. The maximum Gasteiger partial charge on any atom is 0.253 e. The predicted molar refractivity (Wildman–Crippen MR) is 100 cm³/mol. The highest BCUT2D eigenvalue weighted by atomic mass is 16.2. The fraction of sp³-hybridized carbons (Fsp3) is 0.650. The van der Waals surface area contributed by atoms with Crippen LogP contribution < -0.4 is 10.2 Å². The number of amides is 2. The van der Waals surface area contributed by atoms with Gasteiger partial charge in [-0.25, -0.2) is 4.98 Å². The Labute approximate surface area is 155 Å². The molecule has 0 saturated carbocycles. The molecular weight excluding hydrogens is 328 g/mol. The molecule has 3 fully saturated rings. The van der Waals surface area contributed by atoms with Crippen LogP contribution in [0.4, 0.5) is 5.82 Å². The fourth-order valence-electron chi connectivity index (χ4n) is 4.85. The number of hydrogen-bond acceptors (Lipinski definition) is 4. The first-order valence-corrected chi connectivity index (χ1v) is 9.82. The van der Waals surface area contributed by atoms with Crippen molar-refractivity contribution in [3.63, 3.8) is 0 Å². The molecule has 0 unspecified atom stereocenters. The van der Waals surface area contributed by atoms with Crippen LogP contribution in [0.15, 0.2) is 18.3 Å². The topological polar surface area (TPSA) is 65.5 Å². The van der Waals surface area contributed by atoms with Crippen LogP contribution in [0, 0.1) is 11.8 Å². The van der Waals surface area contributed by atoms with Crippen molar-refractivity contribution in [3.8, 4) is 0 Å². The highest BCUT2D eigenvalue weighted by Crippen LogP contribution is 2.38. The standard InChI is InChI=1S/C20H28N4O2/c1-13(2)22-20(26)15-6-7-18(21-9-15)23-10-14-8-16(12-23)17-4-3-5-19(25)24(17)11-14/h6-7,9,13-14,16-17H,3-5,8,10-12H2,1-2H3,(H,22,26)/t14-,16-,17-/m1/s1. The number of aromatic nitrogens is 1. The number of pyridine rings is 1. The second kappa shape index (κ2) is 6.89. The lowest BCUT2D eigenvalue weighted by molar-refractivity contribution is -0.142. The van der Waals surface area contributed by atoms with Crippen molar-refractivity contribution in [1.29, 1.82) is 0 Å². The van der Waals surface area contributed by atoms with Crippen molar-refractivity contribution in [1.82, 2.24) is 15.2 Å². The molecular formula is C20H28N4O2. The van der Waals surface area contributed by atoms with Gasteiger partial charge in [0.05, 0.1) is 5.56 Å². The number of carbonyl (C=O) groups is 2. The summed E-state index contributed by atoms with van der Waals surface area (Å²) >= 11 is 0. The van der Waals surface area contributed by atoms with Crippen LogP contribution in [0.25, 0.3) is 0 Å². The molecule has 0 spiro atoms. The maximum atomic E-state index is 12.3. The lowest BCUT2D eigenvalue weighted by Gasteiger charge is -2.52. The first kappa shape index (κ1) is 17.3. The molecule has 4 heterocycles. The monoisotopic (exact) mass is 356 g/mol. The Bertz CT molecular complexity index is 688. The fourth-order valence-corrected chi connectivity index (χ4v) is 4.85. The van der Waals surface area contributed by atoms with Crippen molar-refractivity contribution in [2.45, 2.75) is 51.6 Å². The van der Waals surface area contributed by atoms with Gasteiger partial charge in [0.15, 0.2) is 0 Å². The molecule has 26 heavy (non-hydrogen) atoms. The van der Waals surface area contributed by atoms with Crippen molar-refractivity contribution in [2.24, 2.45) is 11.8 Å². The van der Waals surface area contributed by atoms with Gasteiger partial charge in [-0.3, -0.25) is 9.59 Å². The van der Waals surface area contributed by atoms with E-state index >= 15 is 0 Å². The minimum absolute atomic E-state index is 0.0778. The second-order valence-corrected chi connectivity index (χ2v) is 8.31. The van der Waals surface area contributed by atoms with Gasteiger partial charge >= 0.3 is 0 Å². The largest absolute Gasteiger partial charge is 0.356 e. The SMILES string of the molecule is CC(C)NC(=O)c1ccc(N2C[C@H]3C[C@H](C2)[C@H]2CCCC(=O)N2C3)nc1. The van der Waals surface area contributed by atoms with E-state index in [0.717, 1.165) is 44.7 Å². The van der Waals surface area contributed by atoms with Gasteiger partial charge in [0.25, 0.3) is 5.91 Å². The van der Waals surface area contributed by atoms with Crippen molar-refractivity contribution in [2.75, 3.05) is 24.5 Å². The number of nitrogens with zero attached hydrogens (tertiary/aromatic N) is 3. The molecule has 4 rings (SSSR count). The number of fused-ring (bicyclic) bond motifs is 4.